The summed E-state index contributed by atoms with van der Waals surface area (Å²) in [6, 6.07) is 13.2. The second-order valence-electron chi connectivity index (χ2n) is 4.95. The largest absolute Gasteiger partial charge is 0.464 e. The van der Waals surface area contributed by atoms with Gasteiger partial charge in [-0.15, -0.1) is 0 Å². The number of esters is 1. The number of halogens is 1. The molecule has 0 bridgehead atoms. The van der Waals surface area contributed by atoms with E-state index in [1.165, 1.54) is 29.2 Å². The van der Waals surface area contributed by atoms with Crippen LogP contribution in [0.3, 0.4) is 0 Å². The highest BCUT2D eigenvalue weighted by atomic mass is 19.1. The molecule has 0 N–H and O–H groups in total. The highest BCUT2D eigenvalue weighted by molar-refractivity contribution is 6.09. The van der Waals surface area contributed by atoms with Gasteiger partial charge in [-0.05, 0) is 50.2 Å². The molecule has 0 spiro atoms. The molecule has 0 heterocycles. The Morgan fingerprint density at radius 3 is 2.26 bits per heavy atom. The molecule has 0 aliphatic rings. The number of carbonyl (C=O) groups is 2. The molecular weight excluding hydrogens is 297 g/mol. The Bertz CT molecular complexity index is 670. The van der Waals surface area contributed by atoms with Crippen molar-refractivity contribution in [2.24, 2.45) is 0 Å². The lowest BCUT2D eigenvalue weighted by Gasteiger charge is -2.28. The van der Waals surface area contributed by atoms with Crippen LogP contribution in [0.1, 0.15) is 24.2 Å². The van der Waals surface area contributed by atoms with Gasteiger partial charge in [-0.3, -0.25) is 9.69 Å². The molecule has 0 aliphatic heterocycles. The van der Waals surface area contributed by atoms with Gasteiger partial charge >= 0.3 is 5.97 Å². The Balaban J connectivity index is 2.40. The van der Waals surface area contributed by atoms with Gasteiger partial charge < -0.3 is 4.74 Å². The van der Waals surface area contributed by atoms with Crippen molar-refractivity contribution in [1.82, 2.24) is 0 Å². The number of hydrogen-bond donors (Lipinski definition) is 0. The van der Waals surface area contributed by atoms with E-state index in [9.17, 15) is 14.0 Å². The van der Waals surface area contributed by atoms with Crippen molar-refractivity contribution in [3.8, 4) is 0 Å². The molecule has 23 heavy (non-hydrogen) atoms. The number of nitrogens with zero attached hydrogens (tertiary/aromatic N) is 1. The van der Waals surface area contributed by atoms with Crippen molar-refractivity contribution in [1.29, 1.82) is 0 Å². The molecule has 5 heteroatoms. The first-order valence-corrected chi connectivity index (χ1v) is 7.35. The summed E-state index contributed by atoms with van der Waals surface area (Å²) in [4.78, 5) is 26.2. The van der Waals surface area contributed by atoms with Crippen LogP contribution in [0.15, 0.2) is 54.6 Å². The molecule has 4 nitrogen and oxygen atoms in total. The van der Waals surface area contributed by atoms with Gasteiger partial charge in [-0.25, -0.2) is 9.18 Å². The molecule has 0 saturated carbocycles. The lowest BCUT2D eigenvalue weighted by atomic mass is 10.1. The summed E-state index contributed by atoms with van der Waals surface area (Å²) < 4.78 is 18.2. The van der Waals surface area contributed by atoms with Crippen LogP contribution in [0.25, 0.3) is 0 Å². The molecule has 120 valence electrons. The van der Waals surface area contributed by atoms with E-state index in [-0.39, 0.29) is 12.5 Å². The highest BCUT2D eigenvalue weighted by Crippen LogP contribution is 2.21. The zero-order valence-corrected chi connectivity index (χ0v) is 13.0. The molecule has 2 aromatic rings. The molecule has 0 unspecified atom stereocenters. The average molecular weight is 315 g/mol. The zero-order valence-electron chi connectivity index (χ0n) is 13.0. The Morgan fingerprint density at radius 2 is 1.70 bits per heavy atom. The van der Waals surface area contributed by atoms with Gasteiger partial charge in [0.2, 0.25) is 0 Å². The van der Waals surface area contributed by atoms with E-state index >= 15 is 0 Å². The van der Waals surface area contributed by atoms with Crippen molar-refractivity contribution in [2.45, 2.75) is 19.9 Å². The first-order chi connectivity index (χ1) is 11.0. The Morgan fingerprint density at radius 1 is 1.09 bits per heavy atom. The van der Waals surface area contributed by atoms with E-state index in [0.717, 1.165) is 0 Å². The van der Waals surface area contributed by atoms with Crippen LogP contribution >= 0.6 is 0 Å². The van der Waals surface area contributed by atoms with Gasteiger partial charge in [-0.1, -0.05) is 18.2 Å². The molecule has 1 amide bonds. The third-order valence-electron chi connectivity index (χ3n) is 3.36. The van der Waals surface area contributed by atoms with Gasteiger partial charge in [-0.2, -0.15) is 0 Å². The van der Waals surface area contributed by atoms with Crippen LogP contribution in [0.5, 0.6) is 0 Å². The summed E-state index contributed by atoms with van der Waals surface area (Å²) >= 11 is 0. The quantitative estimate of drug-likeness (QED) is 0.794. The van der Waals surface area contributed by atoms with E-state index < -0.39 is 17.8 Å². The van der Waals surface area contributed by atoms with Crippen LogP contribution < -0.4 is 4.90 Å². The maximum atomic E-state index is 13.2. The number of carbonyl (C=O) groups excluding carboxylic acids is 2. The number of ether oxygens (including phenoxy) is 1. The number of amides is 1. The minimum Gasteiger partial charge on any atom is -0.464 e. The first-order valence-electron chi connectivity index (χ1n) is 7.35. The molecule has 0 aliphatic carbocycles. The molecular formula is C18H18FNO3. The fraction of sp³-hybridized carbons (Fsp3) is 0.222. The maximum absolute atomic E-state index is 13.2. The SMILES string of the molecule is CCOC(=O)[C@H](C)N(C(=O)c1ccccc1)c1ccc(F)cc1. The van der Waals surface area contributed by atoms with Crippen LogP contribution in [-0.2, 0) is 9.53 Å². The Labute approximate surface area is 134 Å². The molecule has 2 rings (SSSR count). The van der Waals surface area contributed by atoms with E-state index in [1.54, 1.807) is 44.2 Å². The highest BCUT2D eigenvalue weighted by Gasteiger charge is 2.29. The second kappa shape index (κ2) is 7.54. The molecule has 2 aromatic carbocycles. The second-order valence-corrected chi connectivity index (χ2v) is 4.95. The van der Waals surface area contributed by atoms with Gasteiger partial charge in [0.25, 0.3) is 5.91 Å². The summed E-state index contributed by atoms with van der Waals surface area (Å²) in [7, 11) is 0. The molecule has 0 aromatic heterocycles. The molecule has 0 radical (unpaired) electrons. The fourth-order valence-corrected chi connectivity index (χ4v) is 2.21. The van der Waals surface area contributed by atoms with Gasteiger partial charge in [0.1, 0.15) is 11.9 Å². The summed E-state index contributed by atoms with van der Waals surface area (Å²) in [5.41, 5.74) is 0.869. The third kappa shape index (κ3) is 3.94. The predicted octanol–water partition coefficient (Wildman–Crippen LogP) is 3.42. The van der Waals surface area contributed by atoms with Crippen LogP contribution in [-0.4, -0.2) is 24.5 Å². The van der Waals surface area contributed by atoms with Crippen molar-refractivity contribution < 1.29 is 18.7 Å². The Hall–Kier alpha value is -2.69. The van der Waals surface area contributed by atoms with E-state index in [0.29, 0.717) is 11.3 Å². The monoisotopic (exact) mass is 315 g/mol. The number of anilines is 1. The lowest BCUT2D eigenvalue weighted by molar-refractivity contribution is -0.144. The van der Waals surface area contributed by atoms with E-state index in [4.69, 9.17) is 4.74 Å². The average Bonchev–Trinajstić information content (AvgIpc) is 2.57. The predicted molar refractivity (Wildman–Crippen MR) is 85.7 cm³/mol. The fourth-order valence-electron chi connectivity index (χ4n) is 2.21. The topological polar surface area (TPSA) is 46.6 Å². The standard InChI is InChI=1S/C18H18FNO3/c1-3-23-18(22)13(2)20(16-11-9-15(19)10-12-16)17(21)14-7-5-4-6-8-14/h4-13H,3H2,1-2H3/t13-/m0/s1. The smallest absolute Gasteiger partial charge is 0.328 e. The van der Waals surface area contributed by atoms with Gasteiger partial charge in [0, 0.05) is 11.3 Å². The summed E-state index contributed by atoms with van der Waals surface area (Å²) in [6.07, 6.45) is 0. The number of hydrogen-bond acceptors (Lipinski definition) is 3. The van der Waals surface area contributed by atoms with Crippen LogP contribution in [0, 0.1) is 5.82 Å². The summed E-state index contributed by atoms with van der Waals surface area (Å²) in [5.74, 6) is -1.27. The first kappa shape index (κ1) is 16.7. The van der Waals surface area contributed by atoms with Gasteiger partial charge in [0.05, 0.1) is 6.61 Å². The summed E-state index contributed by atoms with van der Waals surface area (Å²) in [5, 5.41) is 0. The van der Waals surface area contributed by atoms with Crippen molar-refractivity contribution in [3.63, 3.8) is 0 Å². The van der Waals surface area contributed by atoms with Crippen LogP contribution in [0.2, 0.25) is 0 Å². The number of rotatable bonds is 5. The van der Waals surface area contributed by atoms with Crippen LogP contribution in [0.4, 0.5) is 10.1 Å². The van der Waals surface area contributed by atoms with E-state index in [2.05, 4.69) is 0 Å². The van der Waals surface area contributed by atoms with Gasteiger partial charge in [0.15, 0.2) is 0 Å². The molecule has 0 fully saturated rings. The van der Waals surface area contributed by atoms with Crippen molar-refractivity contribution in [2.75, 3.05) is 11.5 Å². The molecule has 0 saturated heterocycles. The normalized spacial score (nSPS) is 11.6. The maximum Gasteiger partial charge on any atom is 0.328 e. The zero-order chi connectivity index (χ0) is 16.8. The Kier molecular flexibility index (Phi) is 5.46. The minimum absolute atomic E-state index is 0.222. The summed E-state index contributed by atoms with van der Waals surface area (Å²) in [6.45, 7) is 3.51. The minimum atomic E-state index is -0.826. The van der Waals surface area contributed by atoms with Crippen molar-refractivity contribution >= 4 is 17.6 Å². The third-order valence-corrected chi connectivity index (χ3v) is 3.36. The lowest BCUT2D eigenvalue weighted by Crippen LogP contribution is -2.44. The van der Waals surface area contributed by atoms with E-state index in [1.807, 2.05) is 0 Å². The number of benzene rings is 2. The van der Waals surface area contributed by atoms with Crippen molar-refractivity contribution in [3.05, 3.63) is 66.0 Å². The molecule has 1 atom stereocenters.